The summed E-state index contributed by atoms with van der Waals surface area (Å²) in [7, 11) is 0. The first-order chi connectivity index (χ1) is 7.17. The van der Waals surface area contributed by atoms with Gasteiger partial charge in [0.2, 0.25) is 0 Å². The highest BCUT2D eigenvalue weighted by Crippen LogP contribution is 2.17. The van der Waals surface area contributed by atoms with Crippen LogP contribution in [-0.2, 0) is 0 Å². The van der Waals surface area contributed by atoms with Crippen LogP contribution in [-0.4, -0.2) is 6.04 Å². The summed E-state index contributed by atoms with van der Waals surface area (Å²) in [5.74, 6) is 0. The predicted octanol–water partition coefficient (Wildman–Crippen LogP) is 2.52. The molecule has 0 radical (unpaired) electrons. The smallest absolute Gasteiger partial charge is 0.101 e. The Labute approximate surface area is 90.2 Å². The number of benzene rings is 1. The summed E-state index contributed by atoms with van der Waals surface area (Å²) < 4.78 is 0. The zero-order valence-electron chi connectivity index (χ0n) is 8.83. The summed E-state index contributed by atoms with van der Waals surface area (Å²) >= 11 is 0. The molecule has 78 valence electrons. The second-order valence-corrected chi connectivity index (χ2v) is 3.48. The molecule has 0 aromatic heterocycles. The van der Waals surface area contributed by atoms with Crippen LogP contribution in [0.3, 0.4) is 0 Å². The fraction of sp³-hybridized carbons (Fsp3) is 0.250. The number of nitrogens with one attached hydrogen (secondary N) is 1. The van der Waals surface area contributed by atoms with Crippen molar-refractivity contribution in [3.05, 3.63) is 36.4 Å². The number of anilines is 2. The highest BCUT2D eigenvalue weighted by molar-refractivity contribution is 5.62. The van der Waals surface area contributed by atoms with Crippen molar-refractivity contribution >= 4 is 11.4 Å². The molecule has 0 spiro atoms. The molecule has 1 unspecified atom stereocenters. The van der Waals surface area contributed by atoms with E-state index in [1.807, 2.05) is 12.1 Å². The van der Waals surface area contributed by atoms with E-state index in [0.717, 1.165) is 12.1 Å². The molecule has 1 aromatic carbocycles. The van der Waals surface area contributed by atoms with E-state index in [1.165, 1.54) is 0 Å². The van der Waals surface area contributed by atoms with Crippen molar-refractivity contribution in [1.29, 1.82) is 5.26 Å². The number of nitrogens with zero attached hydrogens (tertiary/aromatic N) is 1. The van der Waals surface area contributed by atoms with Crippen LogP contribution in [0, 0.1) is 11.3 Å². The van der Waals surface area contributed by atoms with Crippen LogP contribution in [0.15, 0.2) is 30.9 Å². The third-order valence-electron chi connectivity index (χ3n) is 2.11. The van der Waals surface area contributed by atoms with Crippen molar-refractivity contribution in [2.75, 3.05) is 11.1 Å². The van der Waals surface area contributed by atoms with E-state index in [0.29, 0.717) is 17.3 Å². The minimum absolute atomic E-state index is 0.303. The zero-order valence-corrected chi connectivity index (χ0v) is 8.83. The molecule has 0 saturated heterocycles. The fourth-order valence-corrected chi connectivity index (χ4v) is 1.34. The van der Waals surface area contributed by atoms with Gasteiger partial charge in [-0.15, -0.1) is 6.58 Å². The number of nitriles is 1. The summed E-state index contributed by atoms with van der Waals surface area (Å²) in [6, 6.07) is 7.73. The number of nitrogens with two attached hydrogens (primary N) is 1. The predicted molar refractivity (Wildman–Crippen MR) is 63.5 cm³/mol. The summed E-state index contributed by atoms with van der Waals surface area (Å²) in [6.07, 6.45) is 2.74. The Kier molecular flexibility index (Phi) is 3.75. The van der Waals surface area contributed by atoms with E-state index >= 15 is 0 Å². The van der Waals surface area contributed by atoms with Crippen molar-refractivity contribution in [2.45, 2.75) is 19.4 Å². The van der Waals surface area contributed by atoms with Crippen LogP contribution in [0.25, 0.3) is 0 Å². The SMILES string of the molecule is C=CCC(C)Nc1ccc(N)c(C#N)c1. The van der Waals surface area contributed by atoms with Crippen LogP contribution in [0.2, 0.25) is 0 Å². The zero-order chi connectivity index (χ0) is 11.3. The molecule has 1 rings (SSSR count). The molecular weight excluding hydrogens is 186 g/mol. The van der Waals surface area contributed by atoms with E-state index in [9.17, 15) is 0 Å². The van der Waals surface area contributed by atoms with Gasteiger partial charge < -0.3 is 11.1 Å². The van der Waals surface area contributed by atoms with Gasteiger partial charge in [-0.3, -0.25) is 0 Å². The maximum atomic E-state index is 8.81. The van der Waals surface area contributed by atoms with Gasteiger partial charge in [0.1, 0.15) is 6.07 Å². The molecule has 1 aromatic rings. The molecule has 0 amide bonds. The average molecular weight is 201 g/mol. The Balaban J connectivity index is 2.79. The third-order valence-corrected chi connectivity index (χ3v) is 2.11. The van der Waals surface area contributed by atoms with Gasteiger partial charge in [-0.2, -0.15) is 5.26 Å². The summed E-state index contributed by atoms with van der Waals surface area (Å²) in [5.41, 5.74) is 7.55. The molecule has 0 aliphatic heterocycles. The number of hydrogen-bond donors (Lipinski definition) is 2. The maximum absolute atomic E-state index is 8.81. The van der Waals surface area contributed by atoms with Crippen LogP contribution in [0.5, 0.6) is 0 Å². The lowest BCUT2D eigenvalue weighted by Gasteiger charge is -2.13. The van der Waals surface area contributed by atoms with Gasteiger partial charge >= 0.3 is 0 Å². The molecule has 3 heteroatoms. The maximum Gasteiger partial charge on any atom is 0.101 e. The molecule has 0 heterocycles. The second-order valence-electron chi connectivity index (χ2n) is 3.48. The molecule has 3 N–H and O–H groups in total. The summed E-state index contributed by atoms with van der Waals surface area (Å²) in [4.78, 5) is 0. The monoisotopic (exact) mass is 201 g/mol. The van der Waals surface area contributed by atoms with E-state index in [4.69, 9.17) is 11.0 Å². The van der Waals surface area contributed by atoms with Crippen molar-refractivity contribution in [3.63, 3.8) is 0 Å². The second kappa shape index (κ2) is 5.06. The molecule has 0 saturated carbocycles. The average Bonchev–Trinajstić information content (AvgIpc) is 2.21. The first-order valence-electron chi connectivity index (χ1n) is 4.84. The molecule has 0 aliphatic carbocycles. The Bertz CT molecular complexity index is 390. The van der Waals surface area contributed by atoms with Crippen molar-refractivity contribution < 1.29 is 0 Å². The molecule has 0 aliphatic rings. The number of rotatable bonds is 4. The summed E-state index contributed by atoms with van der Waals surface area (Å²) in [5, 5.41) is 12.1. The minimum Gasteiger partial charge on any atom is -0.398 e. The van der Waals surface area contributed by atoms with Crippen LogP contribution >= 0.6 is 0 Å². The van der Waals surface area contributed by atoms with Gasteiger partial charge in [0.05, 0.1) is 5.56 Å². The van der Waals surface area contributed by atoms with Gasteiger partial charge in [0.25, 0.3) is 0 Å². The van der Waals surface area contributed by atoms with Crippen molar-refractivity contribution in [3.8, 4) is 6.07 Å². The normalized spacial score (nSPS) is 11.5. The fourth-order valence-electron chi connectivity index (χ4n) is 1.34. The van der Waals surface area contributed by atoms with Crippen LogP contribution in [0.4, 0.5) is 11.4 Å². The Morgan fingerprint density at radius 1 is 1.67 bits per heavy atom. The molecular formula is C12H15N3. The van der Waals surface area contributed by atoms with Crippen LogP contribution < -0.4 is 11.1 Å². The van der Waals surface area contributed by atoms with Crippen molar-refractivity contribution in [1.82, 2.24) is 0 Å². The molecule has 1 atom stereocenters. The first-order valence-corrected chi connectivity index (χ1v) is 4.84. The van der Waals surface area contributed by atoms with Crippen LogP contribution in [0.1, 0.15) is 18.9 Å². The third kappa shape index (κ3) is 3.03. The van der Waals surface area contributed by atoms with Gasteiger partial charge in [0.15, 0.2) is 0 Å². The molecule has 15 heavy (non-hydrogen) atoms. The number of hydrogen-bond acceptors (Lipinski definition) is 3. The molecule has 3 nitrogen and oxygen atoms in total. The van der Waals surface area contributed by atoms with Gasteiger partial charge in [-0.1, -0.05) is 6.08 Å². The summed E-state index contributed by atoms with van der Waals surface area (Å²) in [6.45, 7) is 5.74. The van der Waals surface area contributed by atoms with E-state index in [2.05, 4.69) is 24.9 Å². The highest BCUT2D eigenvalue weighted by atomic mass is 14.9. The standard InChI is InChI=1S/C12H15N3/c1-3-4-9(2)15-11-5-6-12(14)10(7-11)8-13/h3,5-7,9,15H,1,4,14H2,2H3. The quantitative estimate of drug-likeness (QED) is 0.581. The Morgan fingerprint density at radius 3 is 3.00 bits per heavy atom. The molecule has 0 bridgehead atoms. The van der Waals surface area contributed by atoms with Gasteiger partial charge in [-0.25, -0.2) is 0 Å². The Hall–Kier alpha value is -1.95. The first kappa shape index (κ1) is 11.1. The van der Waals surface area contributed by atoms with Crippen molar-refractivity contribution in [2.24, 2.45) is 0 Å². The minimum atomic E-state index is 0.303. The Morgan fingerprint density at radius 2 is 2.40 bits per heavy atom. The van der Waals surface area contributed by atoms with E-state index in [-0.39, 0.29) is 0 Å². The lowest BCUT2D eigenvalue weighted by atomic mass is 10.1. The van der Waals surface area contributed by atoms with E-state index < -0.39 is 0 Å². The van der Waals surface area contributed by atoms with Gasteiger partial charge in [-0.05, 0) is 31.5 Å². The number of nitrogen functional groups attached to an aromatic ring is 1. The topological polar surface area (TPSA) is 61.8 Å². The molecule has 0 fully saturated rings. The van der Waals surface area contributed by atoms with Gasteiger partial charge in [0, 0.05) is 17.4 Å². The lowest BCUT2D eigenvalue weighted by molar-refractivity contribution is 0.814. The largest absolute Gasteiger partial charge is 0.398 e. The van der Waals surface area contributed by atoms with E-state index in [1.54, 1.807) is 12.1 Å². The highest BCUT2D eigenvalue weighted by Gasteiger charge is 2.02. The lowest BCUT2D eigenvalue weighted by Crippen LogP contribution is -2.13.